The minimum absolute atomic E-state index is 0.148. The molecule has 1 amide bonds. The van der Waals surface area contributed by atoms with Crippen LogP contribution in [0.25, 0.3) is 0 Å². The monoisotopic (exact) mass is 303 g/mol. The predicted molar refractivity (Wildman–Crippen MR) is 80.4 cm³/mol. The van der Waals surface area contributed by atoms with E-state index >= 15 is 0 Å². The van der Waals surface area contributed by atoms with Crippen molar-refractivity contribution in [3.05, 3.63) is 29.1 Å². The van der Waals surface area contributed by atoms with Gasteiger partial charge in [-0.1, -0.05) is 0 Å². The summed E-state index contributed by atoms with van der Waals surface area (Å²) in [7, 11) is 1.61. The molecule has 0 N–H and O–H groups in total. The molecule has 0 aliphatic carbocycles. The molecular weight excluding hydrogens is 282 g/mol. The van der Waals surface area contributed by atoms with Gasteiger partial charge in [-0.2, -0.15) is 5.26 Å². The number of aryl methyl sites for hydroxylation is 1. The van der Waals surface area contributed by atoms with Crippen molar-refractivity contribution in [2.75, 3.05) is 26.8 Å². The van der Waals surface area contributed by atoms with Crippen molar-refractivity contribution >= 4 is 5.91 Å². The highest BCUT2D eigenvalue weighted by Gasteiger charge is 2.36. The summed E-state index contributed by atoms with van der Waals surface area (Å²) >= 11 is 0. The van der Waals surface area contributed by atoms with Gasteiger partial charge in [-0.15, -0.1) is 0 Å². The van der Waals surface area contributed by atoms with Crippen LogP contribution in [0.2, 0.25) is 0 Å². The predicted octanol–water partition coefficient (Wildman–Crippen LogP) is 1.53. The standard InChI is InChI=1S/C16H21N3O3/c1-11-12(7-17)5-6-14(18-11)15(20)19-8-13(9-21-4)22-16(2,3)10-19/h5-6,13H,8-10H2,1-4H3/t13-/m1/s1. The molecule has 1 atom stereocenters. The lowest BCUT2D eigenvalue weighted by molar-refractivity contribution is -0.143. The van der Waals surface area contributed by atoms with Gasteiger partial charge in [0.1, 0.15) is 11.8 Å². The van der Waals surface area contributed by atoms with Gasteiger partial charge in [-0.3, -0.25) is 4.79 Å². The summed E-state index contributed by atoms with van der Waals surface area (Å²) < 4.78 is 11.1. The second-order valence-electron chi connectivity index (χ2n) is 6.08. The SMILES string of the molecule is COC[C@H]1CN(C(=O)c2ccc(C#N)c(C)n2)CC(C)(C)O1. The number of nitrogens with zero attached hydrogens (tertiary/aromatic N) is 3. The summed E-state index contributed by atoms with van der Waals surface area (Å²) in [6, 6.07) is 5.29. The number of carbonyl (C=O) groups excluding carboxylic acids is 1. The Morgan fingerprint density at radius 2 is 2.32 bits per heavy atom. The molecule has 0 saturated carbocycles. The molecular formula is C16H21N3O3. The fourth-order valence-electron chi connectivity index (χ4n) is 2.68. The smallest absolute Gasteiger partial charge is 0.272 e. The van der Waals surface area contributed by atoms with E-state index in [-0.39, 0.29) is 12.0 Å². The summed E-state index contributed by atoms with van der Waals surface area (Å²) in [5, 5.41) is 8.94. The maximum absolute atomic E-state index is 12.7. The number of carbonyl (C=O) groups is 1. The highest BCUT2D eigenvalue weighted by Crippen LogP contribution is 2.22. The number of amides is 1. The highest BCUT2D eigenvalue weighted by molar-refractivity contribution is 5.92. The van der Waals surface area contributed by atoms with E-state index in [0.29, 0.717) is 36.6 Å². The van der Waals surface area contributed by atoms with Crippen molar-refractivity contribution < 1.29 is 14.3 Å². The number of ether oxygens (including phenoxy) is 2. The summed E-state index contributed by atoms with van der Waals surface area (Å²) in [4.78, 5) is 18.7. The van der Waals surface area contributed by atoms with Crippen LogP contribution in [-0.4, -0.2) is 54.3 Å². The van der Waals surface area contributed by atoms with Gasteiger partial charge in [0.25, 0.3) is 5.91 Å². The Bertz CT molecular complexity index is 607. The zero-order valence-electron chi connectivity index (χ0n) is 13.4. The van der Waals surface area contributed by atoms with Crippen molar-refractivity contribution in [2.45, 2.75) is 32.5 Å². The molecule has 1 saturated heterocycles. The molecule has 0 radical (unpaired) electrons. The van der Waals surface area contributed by atoms with Crippen LogP contribution in [0.3, 0.4) is 0 Å². The van der Waals surface area contributed by atoms with E-state index in [9.17, 15) is 4.79 Å². The Kier molecular flexibility index (Phi) is 4.79. The molecule has 2 heterocycles. The number of pyridine rings is 1. The number of methoxy groups -OCH3 is 1. The summed E-state index contributed by atoms with van der Waals surface area (Å²) in [5.41, 5.74) is 0.967. The Morgan fingerprint density at radius 3 is 2.91 bits per heavy atom. The molecule has 0 bridgehead atoms. The Morgan fingerprint density at radius 1 is 1.59 bits per heavy atom. The Hall–Kier alpha value is -1.97. The van der Waals surface area contributed by atoms with E-state index in [2.05, 4.69) is 11.1 Å². The first-order valence-electron chi connectivity index (χ1n) is 7.20. The molecule has 22 heavy (non-hydrogen) atoms. The minimum Gasteiger partial charge on any atom is -0.382 e. The number of nitriles is 1. The third-order valence-corrected chi connectivity index (χ3v) is 3.55. The maximum atomic E-state index is 12.7. The van der Waals surface area contributed by atoms with Crippen molar-refractivity contribution in [2.24, 2.45) is 0 Å². The van der Waals surface area contributed by atoms with E-state index in [0.717, 1.165) is 0 Å². The Labute approximate surface area is 130 Å². The molecule has 1 aliphatic rings. The summed E-state index contributed by atoms with van der Waals surface area (Å²) in [5.74, 6) is -0.148. The van der Waals surface area contributed by atoms with Gasteiger partial charge in [-0.05, 0) is 32.9 Å². The normalized spacial score (nSPS) is 20.5. The molecule has 0 spiro atoms. The molecule has 0 aromatic carbocycles. The molecule has 2 rings (SSSR count). The number of morpholine rings is 1. The average molecular weight is 303 g/mol. The first-order valence-corrected chi connectivity index (χ1v) is 7.20. The summed E-state index contributed by atoms with van der Waals surface area (Å²) in [6.07, 6.45) is -0.155. The topological polar surface area (TPSA) is 75.5 Å². The molecule has 1 aliphatic heterocycles. The number of hydrogen-bond donors (Lipinski definition) is 0. The fraction of sp³-hybridized carbons (Fsp3) is 0.562. The minimum atomic E-state index is -0.432. The van der Waals surface area contributed by atoms with Gasteiger partial charge >= 0.3 is 0 Å². The molecule has 6 heteroatoms. The van der Waals surface area contributed by atoms with E-state index < -0.39 is 5.60 Å². The van der Waals surface area contributed by atoms with Gasteiger partial charge in [0.15, 0.2) is 0 Å². The first kappa shape index (κ1) is 16.4. The molecule has 1 aromatic rings. The molecule has 1 aromatic heterocycles. The lowest BCUT2D eigenvalue weighted by Crippen LogP contribution is -2.55. The van der Waals surface area contributed by atoms with Gasteiger partial charge in [0.05, 0.1) is 29.6 Å². The van der Waals surface area contributed by atoms with Crippen molar-refractivity contribution in [3.63, 3.8) is 0 Å². The van der Waals surface area contributed by atoms with Crippen LogP contribution in [0.1, 0.15) is 35.6 Å². The van der Waals surface area contributed by atoms with Crippen LogP contribution < -0.4 is 0 Å². The van der Waals surface area contributed by atoms with Crippen LogP contribution in [0.5, 0.6) is 0 Å². The van der Waals surface area contributed by atoms with Crippen LogP contribution in [0.4, 0.5) is 0 Å². The number of hydrogen-bond acceptors (Lipinski definition) is 5. The van der Waals surface area contributed by atoms with Crippen LogP contribution >= 0.6 is 0 Å². The Balaban J connectivity index is 2.20. The van der Waals surface area contributed by atoms with Crippen molar-refractivity contribution in [1.29, 1.82) is 5.26 Å². The second-order valence-corrected chi connectivity index (χ2v) is 6.08. The molecule has 118 valence electrons. The quantitative estimate of drug-likeness (QED) is 0.846. The lowest BCUT2D eigenvalue weighted by atomic mass is 10.0. The summed E-state index contributed by atoms with van der Waals surface area (Å²) in [6.45, 7) is 7.03. The van der Waals surface area contributed by atoms with Crippen LogP contribution in [0, 0.1) is 18.3 Å². The van der Waals surface area contributed by atoms with Crippen molar-refractivity contribution in [1.82, 2.24) is 9.88 Å². The van der Waals surface area contributed by atoms with Crippen LogP contribution in [-0.2, 0) is 9.47 Å². The van der Waals surface area contributed by atoms with E-state index in [4.69, 9.17) is 14.7 Å². The molecule has 0 unspecified atom stereocenters. The average Bonchev–Trinajstić information content (AvgIpc) is 2.45. The zero-order valence-corrected chi connectivity index (χ0v) is 13.4. The van der Waals surface area contributed by atoms with Gasteiger partial charge in [-0.25, -0.2) is 4.98 Å². The van der Waals surface area contributed by atoms with Crippen LogP contribution in [0.15, 0.2) is 12.1 Å². The van der Waals surface area contributed by atoms with Crippen molar-refractivity contribution in [3.8, 4) is 6.07 Å². The van der Waals surface area contributed by atoms with E-state index in [1.54, 1.807) is 31.1 Å². The van der Waals surface area contributed by atoms with Gasteiger partial charge in [0, 0.05) is 20.2 Å². The third-order valence-electron chi connectivity index (χ3n) is 3.55. The van der Waals surface area contributed by atoms with E-state index in [1.165, 1.54) is 0 Å². The first-order chi connectivity index (χ1) is 10.4. The number of aromatic nitrogens is 1. The van der Waals surface area contributed by atoms with E-state index in [1.807, 2.05) is 13.8 Å². The number of rotatable bonds is 3. The second kappa shape index (κ2) is 6.42. The fourth-order valence-corrected chi connectivity index (χ4v) is 2.68. The highest BCUT2D eigenvalue weighted by atomic mass is 16.5. The molecule has 1 fully saturated rings. The lowest BCUT2D eigenvalue weighted by Gasteiger charge is -2.42. The van der Waals surface area contributed by atoms with Gasteiger partial charge < -0.3 is 14.4 Å². The molecule has 6 nitrogen and oxygen atoms in total. The van der Waals surface area contributed by atoms with Gasteiger partial charge in [0.2, 0.25) is 0 Å². The maximum Gasteiger partial charge on any atom is 0.272 e. The largest absolute Gasteiger partial charge is 0.382 e. The third kappa shape index (κ3) is 3.62. The zero-order chi connectivity index (χ0) is 16.3.